The third-order valence-corrected chi connectivity index (χ3v) is 3.34. The molecule has 0 saturated carbocycles. The van der Waals surface area contributed by atoms with Crippen molar-refractivity contribution in [1.82, 2.24) is 15.5 Å². The van der Waals surface area contributed by atoms with Crippen LogP contribution in [0.3, 0.4) is 0 Å². The monoisotopic (exact) mass is 272 g/mol. The molecule has 0 unspecified atom stereocenters. The lowest BCUT2D eigenvalue weighted by Gasteiger charge is -2.18. The molecule has 0 radical (unpaired) electrons. The zero-order chi connectivity index (χ0) is 14.2. The van der Waals surface area contributed by atoms with Crippen molar-refractivity contribution in [2.24, 2.45) is 0 Å². The molecule has 0 atom stereocenters. The van der Waals surface area contributed by atoms with Crippen molar-refractivity contribution in [3.05, 3.63) is 41.3 Å². The van der Waals surface area contributed by atoms with Crippen LogP contribution in [0, 0.1) is 0 Å². The number of hydrogen-bond donors (Lipinski definition) is 1. The fourth-order valence-corrected chi connectivity index (χ4v) is 2.25. The average molecular weight is 272 g/mol. The first-order chi connectivity index (χ1) is 9.51. The van der Waals surface area contributed by atoms with Gasteiger partial charge in [-0.05, 0) is 31.9 Å². The topological polar surface area (TPSA) is 54.2 Å². The van der Waals surface area contributed by atoms with E-state index < -0.39 is 0 Å². The van der Waals surface area contributed by atoms with Crippen LogP contribution in [0.15, 0.2) is 28.7 Å². The number of nitrogens with one attached hydrogen (secondary N) is 1. The van der Waals surface area contributed by atoms with E-state index >= 15 is 0 Å². The van der Waals surface area contributed by atoms with E-state index in [0.717, 1.165) is 13.1 Å². The number of hydrogen-bond acceptors (Lipinski definition) is 5. The molecule has 0 spiro atoms. The van der Waals surface area contributed by atoms with Gasteiger partial charge in [-0.3, -0.25) is 0 Å². The van der Waals surface area contributed by atoms with E-state index in [9.17, 15) is 0 Å². The number of nitrogens with zero attached hydrogens (tertiary/aromatic N) is 3. The summed E-state index contributed by atoms with van der Waals surface area (Å²) < 4.78 is 5.74. The van der Waals surface area contributed by atoms with Crippen molar-refractivity contribution in [3.8, 4) is 0 Å². The Morgan fingerprint density at radius 1 is 1.15 bits per heavy atom. The predicted octanol–water partition coefficient (Wildman–Crippen LogP) is 2.48. The van der Waals surface area contributed by atoms with E-state index in [-0.39, 0.29) is 5.54 Å². The molecular formula is C15H20N4O. The molecule has 2 aromatic rings. The van der Waals surface area contributed by atoms with Crippen LogP contribution >= 0.6 is 0 Å². The molecule has 2 heterocycles. The molecule has 0 fully saturated rings. The molecule has 0 saturated heterocycles. The van der Waals surface area contributed by atoms with Gasteiger partial charge in [0, 0.05) is 18.6 Å². The van der Waals surface area contributed by atoms with Crippen molar-refractivity contribution in [1.29, 1.82) is 0 Å². The Balaban J connectivity index is 1.67. The van der Waals surface area contributed by atoms with Gasteiger partial charge in [-0.25, -0.2) is 0 Å². The molecule has 0 amide bonds. The van der Waals surface area contributed by atoms with E-state index in [4.69, 9.17) is 4.42 Å². The van der Waals surface area contributed by atoms with E-state index in [2.05, 4.69) is 65.5 Å². The molecule has 3 rings (SSSR count). The summed E-state index contributed by atoms with van der Waals surface area (Å²) in [5.74, 6) is 0.630. The third kappa shape index (κ3) is 2.82. The van der Waals surface area contributed by atoms with E-state index in [1.54, 1.807) is 0 Å². The van der Waals surface area contributed by atoms with Gasteiger partial charge in [0.05, 0.1) is 6.54 Å². The Bertz CT molecular complexity index is 575. The van der Waals surface area contributed by atoms with Crippen LogP contribution in [0.1, 0.15) is 37.8 Å². The normalized spacial score (nSPS) is 14.7. The van der Waals surface area contributed by atoms with Gasteiger partial charge in [0.25, 0.3) is 0 Å². The molecule has 1 aromatic heterocycles. The van der Waals surface area contributed by atoms with E-state index in [0.29, 0.717) is 18.5 Å². The first kappa shape index (κ1) is 13.1. The van der Waals surface area contributed by atoms with Crippen molar-refractivity contribution < 1.29 is 4.42 Å². The first-order valence-corrected chi connectivity index (χ1v) is 6.90. The average Bonchev–Trinajstić information content (AvgIpc) is 3.01. The summed E-state index contributed by atoms with van der Waals surface area (Å²) in [6.45, 7) is 8.61. The van der Waals surface area contributed by atoms with Gasteiger partial charge in [-0.15, -0.1) is 5.10 Å². The predicted molar refractivity (Wildman–Crippen MR) is 77.2 cm³/mol. The fraction of sp³-hybridized carbons (Fsp3) is 0.467. The van der Waals surface area contributed by atoms with Gasteiger partial charge < -0.3 is 14.6 Å². The number of fused-ring (bicyclic) bond motifs is 1. The second kappa shape index (κ2) is 4.90. The SMILES string of the molecule is CC(C)(C)NCc1nnc(N2Cc3ccccc3C2)o1. The lowest BCUT2D eigenvalue weighted by atomic mass is 10.1. The highest BCUT2D eigenvalue weighted by Gasteiger charge is 2.23. The van der Waals surface area contributed by atoms with Crippen LogP contribution in [0.2, 0.25) is 0 Å². The van der Waals surface area contributed by atoms with Crippen molar-refractivity contribution >= 4 is 6.01 Å². The standard InChI is InChI=1S/C15H20N4O/c1-15(2,3)16-8-13-17-18-14(20-13)19-9-11-6-4-5-7-12(11)10-19/h4-7,16H,8-10H2,1-3H3. The maximum atomic E-state index is 5.74. The summed E-state index contributed by atoms with van der Waals surface area (Å²) in [4.78, 5) is 2.11. The summed E-state index contributed by atoms with van der Waals surface area (Å²) >= 11 is 0. The fourth-order valence-electron chi connectivity index (χ4n) is 2.25. The van der Waals surface area contributed by atoms with Crippen molar-refractivity contribution in [2.45, 2.75) is 45.9 Å². The molecule has 1 aliphatic rings. The van der Waals surface area contributed by atoms with Gasteiger partial charge in [0.1, 0.15) is 0 Å². The molecule has 20 heavy (non-hydrogen) atoms. The molecule has 0 aliphatic carbocycles. The van der Waals surface area contributed by atoms with Gasteiger partial charge in [-0.2, -0.15) is 0 Å². The third-order valence-electron chi connectivity index (χ3n) is 3.34. The Hall–Kier alpha value is -1.88. The van der Waals surface area contributed by atoms with Gasteiger partial charge >= 0.3 is 6.01 Å². The Labute approximate surface area is 119 Å². The molecule has 1 aromatic carbocycles. The number of aromatic nitrogens is 2. The molecular weight excluding hydrogens is 252 g/mol. The number of rotatable bonds is 3. The lowest BCUT2D eigenvalue weighted by molar-refractivity contribution is 0.380. The zero-order valence-corrected chi connectivity index (χ0v) is 12.2. The van der Waals surface area contributed by atoms with Crippen LogP contribution < -0.4 is 10.2 Å². The highest BCUT2D eigenvalue weighted by Crippen LogP contribution is 2.26. The minimum absolute atomic E-state index is 0.0402. The van der Waals surface area contributed by atoms with E-state index in [1.165, 1.54) is 11.1 Å². The van der Waals surface area contributed by atoms with Crippen molar-refractivity contribution in [3.63, 3.8) is 0 Å². The highest BCUT2D eigenvalue weighted by atomic mass is 16.4. The Morgan fingerprint density at radius 3 is 2.40 bits per heavy atom. The minimum Gasteiger partial charge on any atom is -0.407 e. The second-order valence-electron chi connectivity index (χ2n) is 6.21. The molecule has 5 nitrogen and oxygen atoms in total. The molecule has 1 N–H and O–H groups in total. The number of benzene rings is 1. The van der Waals surface area contributed by atoms with Crippen LogP contribution in [0.25, 0.3) is 0 Å². The maximum absolute atomic E-state index is 5.74. The van der Waals surface area contributed by atoms with Crippen molar-refractivity contribution in [2.75, 3.05) is 4.90 Å². The molecule has 106 valence electrons. The van der Waals surface area contributed by atoms with Crippen LogP contribution in [-0.2, 0) is 19.6 Å². The van der Waals surface area contributed by atoms with E-state index in [1.807, 2.05) is 0 Å². The summed E-state index contributed by atoms with van der Waals surface area (Å²) in [6, 6.07) is 9.03. The maximum Gasteiger partial charge on any atom is 0.318 e. The van der Waals surface area contributed by atoms with Gasteiger partial charge in [0.15, 0.2) is 0 Å². The largest absolute Gasteiger partial charge is 0.407 e. The van der Waals surface area contributed by atoms with Gasteiger partial charge in [0.2, 0.25) is 5.89 Å². The highest BCUT2D eigenvalue weighted by molar-refractivity contribution is 5.41. The quantitative estimate of drug-likeness (QED) is 0.930. The van der Waals surface area contributed by atoms with Crippen LogP contribution in [-0.4, -0.2) is 15.7 Å². The second-order valence-corrected chi connectivity index (χ2v) is 6.21. The first-order valence-electron chi connectivity index (χ1n) is 6.90. The Morgan fingerprint density at radius 2 is 1.80 bits per heavy atom. The minimum atomic E-state index is 0.0402. The van der Waals surface area contributed by atoms with Crippen LogP contribution in [0.4, 0.5) is 6.01 Å². The molecule has 5 heteroatoms. The summed E-state index contributed by atoms with van der Waals surface area (Å²) in [5.41, 5.74) is 2.71. The Kier molecular flexibility index (Phi) is 3.22. The van der Waals surface area contributed by atoms with Crippen LogP contribution in [0.5, 0.6) is 0 Å². The smallest absolute Gasteiger partial charge is 0.318 e. The number of anilines is 1. The summed E-state index contributed by atoms with van der Waals surface area (Å²) in [5, 5.41) is 11.6. The summed E-state index contributed by atoms with van der Waals surface area (Å²) in [6.07, 6.45) is 0. The molecule has 0 bridgehead atoms. The zero-order valence-electron chi connectivity index (χ0n) is 12.2. The lowest BCUT2D eigenvalue weighted by Crippen LogP contribution is -2.35. The molecule has 1 aliphatic heterocycles. The summed E-state index contributed by atoms with van der Waals surface area (Å²) in [7, 11) is 0. The van der Waals surface area contributed by atoms with Gasteiger partial charge in [-0.1, -0.05) is 29.4 Å².